The fraction of sp³-hybridized carbons (Fsp3) is 0.269. The Morgan fingerprint density at radius 2 is 2.05 bits per heavy atom. The van der Waals surface area contributed by atoms with Gasteiger partial charge in [-0.05, 0) is 31.0 Å². The monoisotopic (exact) mass is 518 g/mol. The number of ether oxygens (including phenoxy) is 1. The molecule has 1 atom stereocenters. The number of nitrogens with two attached hydrogens (primary N) is 1. The summed E-state index contributed by atoms with van der Waals surface area (Å²) in [7, 11) is 0. The van der Waals surface area contributed by atoms with Crippen molar-refractivity contribution in [2.45, 2.75) is 32.9 Å². The van der Waals surface area contributed by atoms with Gasteiger partial charge in [0, 0.05) is 18.7 Å². The van der Waals surface area contributed by atoms with Gasteiger partial charge in [-0.1, -0.05) is 24.3 Å². The number of likely N-dealkylation sites (N-methyl/N-ethyl adjacent to an activating group) is 1. The van der Waals surface area contributed by atoms with Crippen molar-refractivity contribution < 1.29 is 18.7 Å². The molecule has 0 aliphatic carbocycles. The van der Waals surface area contributed by atoms with Gasteiger partial charge in [0.1, 0.15) is 29.1 Å². The summed E-state index contributed by atoms with van der Waals surface area (Å²) in [5.74, 6) is -0.103. The minimum atomic E-state index is -0.511. The first kappa shape index (κ1) is 24.9. The van der Waals surface area contributed by atoms with E-state index in [0.717, 1.165) is 11.8 Å². The number of nitrogen functional groups attached to an aromatic ring is 1. The van der Waals surface area contributed by atoms with Crippen molar-refractivity contribution in [3.63, 3.8) is 0 Å². The SMILES string of the molecule is CCNC(=O)Cc1ccc(-c2c3nc4c(cnn4c2N)C(=O)NC[C@H](C)Oc2ncc(F)cc2CN3)cc1. The molecule has 5 N–H and O–H groups in total. The highest BCUT2D eigenvalue weighted by Gasteiger charge is 2.23. The van der Waals surface area contributed by atoms with Gasteiger partial charge in [0.05, 0.1) is 30.9 Å². The van der Waals surface area contributed by atoms with E-state index in [-0.39, 0.29) is 54.2 Å². The third kappa shape index (κ3) is 4.92. The lowest BCUT2D eigenvalue weighted by Gasteiger charge is -2.18. The van der Waals surface area contributed by atoms with E-state index in [4.69, 9.17) is 15.5 Å². The van der Waals surface area contributed by atoms with Gasteiger partial charge in [-0.3, -0.25) is 9.59 Å². The van der Waals surface area contributed by atoms with Crippen LogP contribution in [0.5, 0.6) is 5.88 Å². The summed E-state index contributed by atoms with van der Waals surface area (Å²) in [5.41, 5.74) is 9.65. The second-order valence-corrected chi connectivity index (χ2v) is 8.95. The molecule has 2 bridgehead atoms. The fourth-order valence-corrected chi connectivity index (χ4v) is 4.27. The summed E-state index contributed by atoms with van der Waals surface area (Å²) in [6, 6.07) is 8.69. The Hall–Kier alpha value is -4.74. The van der Waals surface area contributed by atoms with Crippen LogP contribution < -0.4 is 26.4 Å². The van der Waals surface area contributed by atoms with Crippen molar-refractivity contribution >= 4 is 29.1 Å². The Morgan fingerprint density at radius 1 is 1.26 bits per heavy atom. The van der Waals surface area contributed by atoms with Crippen LogP contribution in [0, 0.1) is 5.82 Å². The van der Waals surface area contributed by atoms with Crippen LogP contribution in [-0.2, 0) is 17.8 Å². The Balaban J connectivity index is 1.61. The van der Waals surface area contributed by atoms with Crippen molar-refractivity contribution in [2.24, 2.45) is 0 Å². The molecule has 4 aromatic rings. The summed E-state index contributed by atoms with van der Waals surface area (Å²) >= 11 is 0. The summed E-state index contributed by atoms with van der Waals surface area (Å²) in [5, 5.41) is 13.1. The van der Waals surface area contributed by atoms with E-state index in [1.54, 1.807) is 6.92 Å². The van der Waals surface area contributed by atoms with E-state index >= 15 is 0 Å². The molecule has 0 saturated carbocycles. The number of hydrogen-bond donors (Lipinski definition) is 4. The third-order valence-electron chi connectivity index (χ3n) is 6.11. The highest BCUT2D eigenvalue weighted by molar-refractivity contribution is 6.01. The maximum absolute atomic E-state index is 14.1. The largest absolute Gasteiger partial charge is 0.473 e. The molecule has 5 rings (SSSR count). The Morgan fingerprint density at radius 3 is 2.82 bits per heavy atom. The van der Waals surface area contributed by atoms with Gasteiger partial charge in [-0.2, -0.15) is 9.61 Å². The first-order valence-corrected chi connectivity index (χ1v) is 12.2. The summed E-state index contributed by atoms with van der Waals surface area (Å²) in [4.78, 5) is 33.7. The number of anilines is 2. The van der Waals surface area contributed by atoms with Crippen molar-refractivity contribution in [2.75, 3.05) is 24.1 Å². The number of rotatable bonds is 4. The molecule has 1 aliphatic heterocycles. The lowest BCUT2D eigenvalue weighted by molar-refractivity contribution is -0.120. The standard InChI is InChI=1S/C26H27FN8O3/c1-3-29-20(36)8-15-4-6-16(7-5-15)21-22(28)35-24-19(13-33-35)25(37)31-10-14(2)38-26-17(9-18(27)12-32-26)11-30-23(21)34-24/h4-7,9,12-14H,3,8,10-11,28H2,1-2H3,(H,29,36)(H,30,34)(H,31,37)/t14-/m0/s1. The molecule has 196 valence electrons. The second-order valence-electron chi connectivity index (χ2n) is 8.95. The average molecular weight is 519 g/mol. The zero-order valence-electron chi connectivity index (χ0n) is 20.9. The normalized spacial score (nSPS) is 15.3. The van der Waals surface area contributed by atoms with Crippen molar-refractivity contribution in [1.29, 1.82) is 0 Å². The fourth-order valence-electron chi connectivity index (χ4n) is 4.27. The lowest BCUT2D eigenvalue weighted by atomic mass is 10.0. The number of carbonyl (C=O) groups excluding carboxylic acids is 2. The van der Waals surface area contributed by atoms with Gasteiger partial charge in [0.15, 0.2) is 5.65 Å². The molecule has 1 aliphatic rings. The number of fused-ring (bicyclic) bond motifs is 2. The maximum Gasteiger partial charge on any atom is 0.256 e. The third-order valence-corrected chi connectivity index (χ3v) is 6.11. The number of benzene rings is 1. The first-order chi connectivity index (χ1) is 18.3. The minimum absolute atomic E-state index is 0.0686. The quantitative estimate of drug-likeness (QED) is 0.322. The van der Waals surface area contributed by atoms with Crippen molar-refractivity contribution in [3.05, 3.63) is 65.2 Å². The molecule has 0 unspecified atom stereocenters. The number of aromatic nitrogens is 4. The van der Waals surface area contributed by atoms with E-state index in [1.165, 1.54) is 16.8 Å². The molecule has 2 amide bonds. The van der Waals surface area contributed by atoms with Crippen LogP contribution in [0.25, 0.3) is 16.8 Å². The molecule has 0 spiro atoms. The lowest BCUT2D eigenvalue weighted by Crippen LogP contribution is -2.33. The number of carbonyl (C=O) groups is 2. The predicted octanol–water partition coefficient (Wildman–Crippen LogP) is 2.31. The van der Waals surface area contributed by atoms with Crippen LogP contribution in [0.3, 0.4) is 0 Å². The van der Waals surface area contributed by atoms with Gasteiger partial charge in [-0.15, -0.1) is 0 Å². The maximum atomic E-state index is 14.1. The zero-order valence-corrected chi connectivity index (χ0v) is 20.9. The Kier molecular flexibility index (Phi) is 6.77. The molecule has 0 fully saturated rings. The first-order valence-electron chi connectivity index (χ1n) is 12.2. The molecule has 4 heterocycles. The van der Waals surface area contributed by atoms with Gasteiger partial charge in [0.25, 0.3) is 5.91 Å². The summed E-state index contributed by atoms with van der Waals surface area (Å²) in [6.07, 6.45) is 2.30. The van der Waals surface area contributed by atoms with E-state index in [2.05, 4.69) is 26.0 Å². The van der Waals surface area contributed by atoms with Crippen molar-refractivity contribution in [1.82, 2.24) is 30.2 Å². The van der Waals surface area contributed by atoms with Crippen LogP contribution in [0.1, 0.15) is 35.3 Å². The zero-order chi connectivity index (χ0) is 26.8. The second kappa shape index (κ2) is 10.3. The number of hydrogen-bond acceptors (Lipinski definition) is 8. The van der Waals surface area contributed by atoms with Crippen LogP contribution in [0.4, 0.5) is 16.0 Å². The van der Waals surface area contributed by atoms with E-state index < -0.39 is 11.9 Å². The van der Waals surface area contributed by atoms with Gasteiger partial charge >= 0.3 is 0 Å². The van der Waals surface area contributed by atoms with Crippen molar-refractivity contribution in [3.8, 4) is 17.0 Å². The number of nitrogens with zero attached hydrogens (tertiary/aromatic N) is 4. The summed E-state index contributed by atoms with van der Waals surface area (Å²) < 4.78 is 21.4. The van der Waals surface area contributed by atoms with Crippen LogP contribution in [0.2, 0.25) is 0 Å². The topological polar surface area (TPSA) is 149 Å². The number of halogens is 1. The Labute approximate surface area is 217 Å². The molecular weight excluding hydrogens is 491 g/mol. The highest BCUT2D eigenvalue weighted by Crippen LogP contribution is 2.34. The summed E-state index contributed by atoms with van der Waals surface area (Å²) in [6.45, 7) is 4.52. The highest BCUT2D eigenvalue weighted by atomic mass is 19.1. The number of amides is 2. The molecule has 12 heteroatoms. The van der Waals surface area contributed by atoms with E-state index in [9.17, 15) is 14.0 Å². The Bertz CT molecular complexity index is 1520. The van der Waals surface area contributed by atoms with Crippen LogP contribution >= 0.6 is 0 Å². The smallest absolute Gasteiger partial charge is 0.256 e. The van der Waals surface area contributed by atoms with Gasteiger partial charge < -0.3 is 26.4 Å². The molecule has 38 heavy (non-hydrogen) atoms. The van der Waals surface area contributed by atoms with Crippen LogP contribution in [0.15, 0.2) is 42.7 Å². The number of nitrogens with one attached hydrogen (secondary N) is 3. The van der Waals surface area contributed by atoms with Gasteiger partial charge in [0.2, 0.25) is 11.8 Å². The van der Waals surface area contributed by atoms with Gasteiger partial charge in [-0.25, -0.2) is 14.4 Å². The average Bonchev–Trinajstić information content (AvgIpc) is 3.32. The minimum Gasteiger partial charge on any atom is -0.473 e. The van der Waals surface area contributed by atoms with E-state index in [0.29, 0.717) is 29.1 Å². The molecule has 3 aromatic heterocycles. The predicted molar refractivity (Wildman–Crippen MR) is 139 cm³/mol. The molecule has 0 radical (unpaired) electrons. The number of pyridine rings is 1. The molecular formula is C26H27FN8O3. The van der Waals surface area contributed by atoms with E-state index in [1.807, 2.05) is 31.2 Å². The van der Waals surface area contributed by atoms with Crippen LogP contribution in [-0.4, -0.2) is 50.6 Å². The molecule has 1 aromatic carbocycles. The molecule has 11 nitrogen and oxygen atoms in total. The molecule has 0 saturated heterocycles.